The van der Waals surface area contributed by atoms with E-state index in [-0.39, 0.29) is 11.9 Å². The maximum absolute atomic E-state index is 12.3. The summed E-state index contributed by atoms with van der Waals surface area (Å²) in [5.41, 5.74) is 2.97. The van der Waals surface area contributed by atoms with Crippen LogP contribution in [0, 0.1) is 6.92 Å². The van der Waals surface area contributed by atoms with Crippen molar-refractivity contribution in [2.24, 2.45) is 0 Å². The lowest BCUT2D eigenvalue weighted by Gasteiger charge is -2.07. The SMILES string of the molecule is COCCNc1cc(C)c2nc(NC(=O)c3cccc(Cl)c3)nn2c1. The largest absolute Gasteiger partial charge is 0.383 e. The smallest absolute Gasteiger partial charge is 0.258 e. The van der Waals surface area contributed by atoms with E-state index in [0.29, 0.717) is 29.4 Å². The molecule has 2 heterocycles. The zero-order valence-electron chi connectivity index (χ0n) is 13.9. The molecule has 0 atom stereocenters. The zero-order chi connectivity index (χ0) is 17.8. The van der Waals surface area contributed by atoms with Crippen molar-refractivity contribution in [2.75, 3.05) is 30.9 Å². The van der Waals surface area contributed by atoms with E-state index in [4.69, 9.17) is 16.3 Å². The van der Waals surface area contributed by atoms with Gasteiger partial charge in [-0.15, -0.1) is 5.10 Å². The van der Waals surface area contributed by atoms with Gasteiger partial charge in [-0.2, -0.15) is 4.98 Å². The van der Waals surface area contributed by atoms with Gasteiger partial charge >= 0.3 is 0 Å². The van der Waals surface area contributed by atoms with Crippen LogP contribution in [0.5, 0.6) is 0 Å². The van der Waals surface area contributed by atoms with Gasteiger partial charge in [0.25, 0.3) is 5.91 Å². The minimum absolute atomic E-state index is 0.238. The molecule has 7 nitrogen and oxygen atoms in total. The number of hydrogen-bond donors (Lipinski definition) is 2. The molecule has 2 aromatic heterocycles. The first kappa shape index (κ1) is 17.2. The number of nitrogens with one attached hydrogen (secondary N) is 2. The third-order valence-electron chi connectivity index (χ3n) is 3.56. The minimum Gasteiger partial charge on any atom is -0.383 e. The van der Waals surface area contributed by atoms with Crippen LogP contribution in [0.2, 0.25) is 5.02 Å². The first-order chi connectivity index (χ1) is 12.1. The van der Waals surface area contributed by atoms with E-state index < -0.39 is 0 Å². The molecule has 8 heteroatoms. The molecule has 0 aliphatic rings. The Balaban J connectivity index is 1.80. The highest BCUT2D eigenvalue weighted by Gasteiger charge is 2.12. The summed E-state index contributed by atoms with van der Waals surface area (Å²) in [4.78, 5) is 16.7. The molecule has 1 amide bonds. The number of carbonyl (C=O) groups excluding carboxylic acids is 1. The zero-order valence-corrected chi connectivity index (χ0v) is 14.7. The van der Waals surface area contributed by atoms with E-state index in [2.05, 4.69) is 20.7 Å². The number of hydrogen-bond acceptors (Lipinski definition) is 5. The van der Waals surface area contributed by atoms with E-state index in [1.807, 2.05) is 19.2 Å². The molecule has 0 aliphatic heterocycles. The van der Waals surface area contributed by atoms with Gasteiger partial charge in [-0.1, -0.05) is 17.7 Å². The van der Waals surface area contributed by atoms with E-state index in [1.54, 1.807) is 35.9 Å². The van der Waals surface area contributed by atoms with Crippen LogP contribution in [0.4, 0.5) is 11.6 Å². The van der Waals surface area contributed by atoms with Gasteiger partial charge in [0.05, 0.1) is 18.5 Å². The van der Waals surface area contributed by atoms with Crippen LogP contribution in [0.25, 0.3) is 5.65 Å². The van der Waals surface area contributed by atoms with Crippen molar-refractivity contribution in [2.45, 2.75) is 6.92 Å². The molecule has 0 fully saturated rings. The predicted molar refractivity (Wildman–Crippen MR) is 97.5 cm³/mol. The monoisotopic (exact) mass is 359 g/mol. The second-order valence-corrected chi connectivity index (χ2v) is 5.94. The summed E-state index contributed by atoms with van der Waals surface area (Å²) in [6.45, 7) is 3.23. The van der Waals surface area contributed by atoms with Crippen LogP contribution in [-0.4, -0.2) is 40.8 Å². The highest BCUT2D eigenvalue weighted by atomic mass is 35.5. The number of aromatic nitrogens is 3. The lowest BCUT2D eigenvalue weighted by Crippen LogP contribution is -2.13. The first-order valence-corrected chi connectivity index (χ1v) is 8.11. The van der Waals surface area contributed by atoms with Gasteiger partial charge < -0.3 is 10.1 Å². The summed E-state index contributed by atoms with van der Waals surface area (Å²) in [6.07, 6.45) is 1.82. The number of pyridine rings is 1. The average Bonchev–Trinajstić information content (AvgIpc) is 2.98. The summed E-state index contributed by atoms with van der Waals surface area (Å²) in [5, 5.41) is 10.8. The lowest BCUT2D eigenvalue weighted by atomic mass is 10.2. The second-order valence-electron chi connectivity index (χ2n) is 5.50. The average molecular weight is 360 g/mol. The molecular weight excluding hydrogens is 342 g/mol. The number of nitrogens with zero attached hydrogens (tertiary/aromatic N) is 3. The third-order valence-corrected chi connectivity index (χ3v) is 3.80. The number of amides is 1. The Bertz CT molecular complexity index is 909. The summed E-state index contributed by atoms with van der Waals surface area (Å²) in [5.74, 6) is -0.0726. The molecule has 0 saturated heterocycles. The number of halogens is 1. The molecule has 25 heavy (non-hydrogen) atoms. The summed E-state index contributed by atoms with van der Waals surface area (Å²) >= 11 is 5.92. The van der Waals surface area contributed by atoms with Crippen molar-refractivity contribution in [1.82, 2.24) is 14.6 Å². The Labute approximate surface area is 150 Å². The maximum Gasteiger partial charge on any atom is 0.258 e. The quantitative estimate of drug-likeness (QED) is 0.661. The van der Waals surface area contributed by atoms with Crippen molar-refractivity contribution < 1.29 is 9.53 Å². The molecule has 0 unspecified atom stereocenters. The Morgan fingerprint density at radius 1 is 1.36 bits per heavy atom. The molecule has 2 N–H and O–H groups in total. The van der Waals surface area contributed by atoms with Gasteiger partial charge in [-0.25, -0.2) is 4.52 Å². The Morgan fingerprint density at radius 2 is 2.20 bits per heavy atom. The maximum atomic E-state index is 12.3. The molecule has 130 valence electrons. The molecule has 0 bridgehead atoms. The first-order valence-electron chi connectivity index (χ1n) is 7.73. The Kier molecular flexibility index (Phi) is 5.16. The Hall–Kier alpha value is -2.64. The van der Waals surface area contributed by atoms with Gasteiger partial charge in [-0.05, 0) is 36.8 Å². The number of aryl methyl sites for hydroxylation is 1. The number of benzene rings is 1. The Morgan fingerprint density at radius 3 is 2.96 bits per heavy atom. The van der Waals surface area contributed by atoms with Crippen molar-refractivity contribution in [3.63, 3.8) is 0 Å². The normalized spacial score (nSPS) is 10.8. The van der Waals surface area contributed by atoms with Crippen LogP contribution >= 0.6 is 11.6 Å². The molecule has 0 spiro atoms. The van der Waals surface area contributed by atoms with Gasteiger partial charge in [-0.3, -0.25) is 10.1 Å². The van der Waals surface area contributed by atoms with Crippen LogP contribution in [-0.2, 0) is 4.74 Å². The summed E-state index contributed by atoms with van der Waals surface area (Å²) < 4.78 is 6.66. The number of rotatable bonds is 6. The predicted octanol–water partition coefficient (Wildman–Crippen LogP) is 3.00. The topological polar surface area (TPSA) is 80.5 Å². The molecule has 0 aliphatic carbocycles. The fourth-order valence-corrected chi connectivity index (χ4v) is 2.59. The van der Waals surface area contributed by atoms with Crippen molar-refractivity contribution in [3.8, 4) is 0 Å². The van der Waals surface area contributed by atoms with E-state index in [1.165, 1.54) is 0 Å². The number of methoxy groups -OCH3 is 1. The van der Waals surface area contributed by atoms with E-state index >= 15 is 0 Å². The number of ether oxygens (including phenoxy) is 1. The van der Waals surface area contributed by atoms with E-state index in [0.717, 1.165) is 11.3 Å². The molecule has 3 aromatic rings. The van der Waals surface area contributed by atoms with Crippen LogP contribution in [0.15, 0.2) is 36.5 Å². The molecule has 3 rings (SSSR count). The van der Waals surface area contributed by atoms with Crippen LogP contribution in [0.3, 0.4) is 0 Å². The van der Waals surface area contributed by atoms with Crippen molar-refractivity contribution in [1.29, 1.82) is 0 Å². The summed E-state index contributed by atoms with van der Waals surface area (Å²) in [6, 6.07) is 8.68. The second kappa shape index (κ2) is 7.50. The van der Waals surface area contributed by atoms with Gasteiger partial charge in [0.2, 0.25) is 5.95 Å². The van der Waals surface area contributed by atoms with Crippen molar-refractivity contribution in [3.05, 3.63) is 52.7 Å². The van der Waals surface area contributed by atoms with Crippen LogP contribution in [0.1, 0.15) is 15.9 Å². The standard InChI is InChI=1S/C17H18ClN5O2/c1-11-8-14(19-6-7-25-2)10-23-15(11)20-17(22-23)21-16(24)12-4-3-5-13(18)9-12/h3-5,8-10,19H,6-7H2,1-2H3,(H,21,22,24). The van der Waals surface area contributed by atoms with Gasteiger partial charge in [0.1, 0.15) is 0 Å². The van der Waals surface area contributed by atoms with Gasteiger partial charge in [0.15, 0.2) is 5.65 Å². The molecule has 1 aromatic carbocycles. The highest BCUT2D eigenvalue weighted by molar-refractivity contribution is 6.31. The minimum atomic E-state index is -0.311. The number of anilines is 2. The lowest BCUT2D eigenvalue weighted by molar-refractivity contribution is 0.102. The highest BCUT2D eigenvalue weighted by Crippen LogP contribution is 2.17. The van der Waals surface area contributed by atoms with Crippen molar-refractivity contribution >= 4 is 34.8 Å². The third kappa shape index (κ3) is 4.07. The number of carbonyl (C=O) groups is 1. The summed E-state index contributed by atoms with van der Waals surface area (Å²) in [7, 11) is 1.66. The number of fused-ring (bicyclic) bond motifs is 1. The van der Waals surface area contributed by atoms with Crippen LogP contribution < -0.4 is 10.6 Å². The molecule has 0 saturated carbocycles. The fourth-order valence-electron chi connectivity index (χ4n) is 2.40. The molecule has 0 radical (unpaired) electrons. The molecular formula is C17H18ClN5O2. The van der Waals surface area contributed by atoms with Gasteiger partial charge in [0, 0.05) is 24.2 Å². The fraction of sp³-hybridized carbons (Fsp3) is 0.235. The van der Waals surface area contributed by atoms with E-state index in [9.17, 15) is 4.79 Å².